The van der Waals surface area contributed by atoms with Crippen molar-refractivity contribution in [2.24, 2.45) is 0 Å². The van der Waals surface area contributed by atoms with Gasteiger partial charge in [-0.3, -0.25) is 14.6 Å². The van der Waals surface area contributed by atoms with E-state index in [4.69, 9.17) is 4.74 Å². The lowest BCUT2D eigenvalue weighted by Crippen LogP contribution is -2.44. The fraction of sp³-hybridized carbons (Fsp3) is 0.500. The molecule has 1 saturated heterocycles. The van der Waals surface area contributed by atoms with Crippen LogP contribution in [0.3, 0.4) is 0 Å². The monoisotopic (exact) mass is 423 g/mol. The van der Waals surface area contributed by atoms with Crippen LogP contribution in [0.15, 0.2) is 48.5 Å². The molecule has 1 amide bonds. The Hall–Kier alpha value is -2.37. The highest BCUT2D eigenvalue weighted by molar-refractivity contribution is 5.94. The Bertz CT molecular complexity index is 827. The molecule has 2 aromatic rings. The molecular weight excluding hydrogens is 386 g/mol. The van der Waals surface area contributed by atoms with Gasteiger partial charge >= 0.3 is 0 Å². The summed E-state index contributed by atoms with van der Waals surface area (Å²) >= 11 is 0. The number of likely N-dealkylation sites (tertiary alicyclic amines) is 1. The Morgan fingerprint density at radius 3 is 2.45 bits per heavy atom. The maximum Gasteiger partial charge on any atom is 0.251 e. The Kier molecular flexibility index (Phi) is 8.50. The largest absolute Gasteiger partial charge is 0.497 e. The van der Waals surface area contributed by atoms with Crippen molar-refractivity contribution in [3.63, 3.8) is 0 Å². The number of hydrogen-bond donors (Lipinski definition) is 1. The molecule has 1 fully saturated rings. The Morgan fingerprint density at radius 2 is 1.84 bits per heavy atom. The zero-order valence-corrected chi connectivity index (χ0v) is 19.4. The van der Waals surface area contributed by atoms with Crippen molar-refractivity contribution >= 4 is 5.91 Å². The molecule has 1 N–H and O–H groups in total. The van der Waals surface area contributed by atoms with E-state index in [1.54, 1.807) is 7.11 Å². The molecule has 0 bridgehead atoms. The summed E-state index contributed by atoms with van der Waals surface area (Å²) in [5.41, 5.74) is 3.26. The molecule has 0 unspecified atom stereocenters. The minimum absolute atomic E-state index is 0.0361. The minimum atomic E-state index is 0.0361. The van der Waals surface area contributed by atoms with Crippen molar-refractivity contribution in [3.05, 3.63) is 65.2 Å². The zero-order chi connectivity index (χ0) is 22.2. The molecule has 1 aliphatic heterocycles. The smallest absolute Gasteiger partial charge is 0.251 e. The van der Waals surface area contributed by atoms with Crippen LogP contribution in [-0.4, -0.2) is 54.5 Å². The maximum absolute atomic E-state index is 12.7. The molecule has 1 heterocycles. The van der Waals surface area contributed by atoms with E-state index >= 15 is 0 Å². The summed E-state index contributed by atoms with van der Waals surface area (Å²) in [7, 11) is 1.70. The number of hydrogen-bond acceptors (Lipinski definition) is 4. The first-order chi connectivity index (χ1) is 15.0. The van der Waals surface area contributed by atoms with E-state index < -0.39 is 0 Å². The third-order valence-electron chi connectivity index (χ3n) is 6.20. The molecule has 1 aliphatic rings. The van der Waals surface area contributed by atoms with Crippen molar-refractivity contribution < 1.29 is 9.53 Å². The van der Waals surface area contributed by atoms with Crippen LogP contribution in [0.1, 0.15) is 55.1 Å². The van der Waals surface area contributed by atoms with Gasteiger partial charge in [0, 0.05) is 43.8 Å². The lowest BCUT2D eigenvalue weighted by molar-refractivity contribution is 0.0909. The van der Waals surface area contributed by atoms with Gasteiger partial charge in [-0.25, -0.2) is 0 Å². The first kappa shape index (κ1) is 23.3. The molecule has 31 heavy (non-hydrogen) atoms. The molecular formula is C26H37N3O2. The van der Waals surface area contributed by atoms with E-state index in [-0.39, 0.29) is 11.9 Å². The second kappa shape index (κ2) is 11.3. The van der Waals surface area contributed by atoms with Crippen molar-refractivity contribution in [3.8, 4) is 5.75 Å². The van der Waals surface area contributed by atoms with Crippen LogP contribution in [0.5, 0.6) is 5.75 Å². The first-order valence-corrected chi connectivity index (χ1v) is 11.5. The van der Waals surface area contributed by atoms with Crippen molar-refractivity contribution in [2.45, 2.75) is 58.8 Å². The fourth-order valence-corrected chi connectivity index (χ4v) is 4.19. The van der Waals surface area contributed by atoms with Gasteiger partial charge in [-0.2, -0.15) is 0 Å². The van der Waals surface area contributed by atoms with Crippen molar-refractivity contribution in [2.75, 3.05) is 26.7 Å². The highest BCUT2D eigenvalue weighted by Gasteiger charge is 2.21. The molecule has 0 spiro atoms. The highest BCUT2D eigenvalue weighted by atomic mass is 16.5. The van der Waals surface area contributed by atoms with E-state index in [0.29, 0.717) is 6.04 Å². The molecule has 3 rings (SSSR count). The van der Waals surface area contributed by atoms with E-state index in [2.05, 4.69) is 60.2 Å². The molecule has 5 nitrogen and oxygen atoms in total. The average Bonchev–Trinajstić information content (AvgIpc) is 2.79. The standard InChI is InChI=1S/C26H37N3O2/c1-5-29(20(2)3)19-21-9-11-23(12-10-21)26(30)27-24-13-15-28(16-14-24)18-22-7-6-8-25(17-22)31-4/h6-12,17,20,24H,5,13-16,18-19H2,1-4H3,(H,27,30). The van der Waals surface area contributed by atoms with E-state index in [1.165, 1.54) is 11.1 Å². The van der Waals surface area contributed by atoms with Crippen LogP contribution in [0.2, 0.25) is 0 Å². The Morgan fingerprint density at radius 1 is 1.13 bits per heavy atom. The normalized spacial score (nSPS) is 15.4. The number of rotatable bonds is 9. The van der Waals surface area contributed by atoms with Crippen LogP contribution in [0.25, 0.3) is 0 Å². The van der Waals surface area contributed by atoms with E-state index in [1.807, 2.05) is 24.3 Å². The van der Waals surface area contributed by atoms with Gasteiger partial charge in [-0.1, -0.05) is 31.2 Å². The summed E-state index contributed by atoms with van der Waals surface area (Å²) in [5.74, 6) is 0.936. The molecule has 168 valence electrons. The lowest BCUT2D eigenvalue weighted by Gasteiger charge is -2.32. The second-order valence-corrected chi connectivity index (χ2v) is 8.73. The number of nitrogens with one attached hydrogen (secondary N) is 1. The maximum atomic E-state index is 12.7. The van der Waals surface area contributed by atoms with Gasteiger partial charge in [0.05, 0.1) is 7.11 Å². The Balaban J connectivity index is 1.46. The van der Waals surface area contributed by atoms with Crippen LogP contribution < -0.4 is 10.1 Å². The van der Waals surface area contributed by atoms with Crippen molar-refractivity contribution in [1.29, 1.82) is 0 Å². The van der Waals surface area contributed by atoms with Crippen LogP contribution >= 0.6 is 0 Å². The van der Waals surface area contributed by atoms with E-state index in [9.17, 15) is 4.79 Å². The minimum Gasteiger partial charge on any atom is -0.497 e. The number of nitrogens with zero attached hydrogens (tertiary/aromatic N) is 2. The average molecular weight is 424 g/mol. The van der Waals surface area contributed by atoms with Crippen LogP contribution in [0, 0.1) is 0 Å². The number of ether oxygens (including phenoxy) is 1. The number of piperidine rings is 1. The SMILES string of the molecule is CCN(Cc1ccc(C(=O)NC2CCN(Cc3cccc(OC)c3)CC2)cc1)C(C)C. The number of benzene rings is 2. The third kappa shape index (κ3) is 6.81. The summed E-state index contributed by atoms with van der Waals surface area (Å²) in [6.45, 7) is 11.5. The molecule has 0 saturated carbocycles. The van der Waals surface area contributed by atoms with Gasteiger partial charge < -0.3 is 10.1 Å². The molecule has 2 aromatic carbocycles. The number of carbonyl (C=O) groups excluding carboxylic acids is 1. The molecule has 0 aliphatic carbocycles. The molecule has 0 radical (unpaired) electrons. The second-order valence-electron chi connectivity index (χ2n) is 8.73. The van der Waals surface area contributed by atoms with Gasteiger partial charge in [0.1, 0.15) is 5.75 Å². The summed E-state index contributed by atoms with van der Waals surface area (Å²) < 4.78 is 5.32. The predicted molar refractivity (Wildman–Crippen MR) is 126 cm³/mol. The summed E-state index contributed by atoms with van der Waals surface area (Å²) in [5, 5.41) is 3.23. The summed E-state index contributed by atoms with van der Waals surface area (Å²) in [6, 6.07) is 17.1. The molecule has 0 atom stereocenters. The van der Waals surface area contributed by atoms with Gasteiger partial charge in [-0.05, 0) is 68.6 Å². The zero-order valence-electron chi connectivity index (χ0n) is 19.4. The number of amides is 1. The first-order valence-electron chi connectivity index (χ1n) is 11.5. The predicted octanol–water partition coefficient (Wildman–Crippen LogP) is 4.32. The quantitative estimate of drug-likeness (QED) is 0.652. The van der Waals surface area contributed by atoms with Gasteiger partial charge in [0.2, 0.25) is 0 Å². The summed E-state index contributed by atoms with van der Waals surface area (Å²) in [4.78, 5) is 17.6. The third-order valence-corrected chi connectivity index (χ3v) is 6.20. The van der Waals surface area contributed by atoms with Gasteiger partial charge in [0.15, 0.2) is 0 Å². The summed E-state index contributed by atoms with van der Waals surface area (Å²) in [6.07, 6.45) is 1.96. The van der Waals surface area contributed by atoms with Gasteiger partial charge in [-0.15, -0.1) is 0 Å². The Labute approximate surface area is 187 Å². The topological polar surface area (TPSA) is 44.8 Å². The highest BCUT2D eigenvalue weighted by Crippen LogP contribution is 2.18. The molecule has 5 heteroatoms. The van der Waals surface area contributed by atoms with Gasteiger partial charge in [0.25, 0.3) is 5.91 Å². The number of methoxy groups -OCH3 is 1. The van der Waals surface area contributed by atoms with Crippen LogP contribution in [0.4, 0.5) is 0 Å². The van der Waals surface area contributed by atoms with E-state index in [0.717, 1.165) is 56.9 Å². The fourth-order valence-electron chi connectivity index (χ4n) is 4.19. The number of carbonyl (C=O) groups is 1. The molecule has 0 aromatic heterocycles. The van der Waals surface area contributed by atoms with Crippen LogP contribution in [-0.2, 0) is 13.1 Å². The van der Waals surface area contributed by atoms with Crippen molar-refractivity contribution in [1.82, 2.24) is 15.1 Å². The lowest BCUT2D eigenvalue weighted by atomic mass is 10.0.